The monoisotopic (exact) mass is 474 g/mol. The molecule has 0 spiro atoms. The van der Waals surface area contributed by atoms with Gasteiger partial charge in [-0.25, -0.2) is 9.36 Å². The molecule has 5 rings (SSSR count). The molecule has 1 fully saturated rings. The molecule has 4 aromatic rings. The minimum absolute atomic E-state index is 0.0547. The first kappa shape index (κ1) is 22.6. The van der Waals surface area contributed by atoms with Crippen molar-refractivity contribution in [3.05, 3.63) is 81.0 Å². The Morgan fingerprint density at radius 1 is 0.886 bits per heavy atom. The fraction of sp³-hybridized carbons (Fsp3) is 0.308. The van der Waals surface area contributed by atoms with Crippen LogP contribution in [0.3, 0.4) is 0 Å². The maximum atomic E-state index is 13.5. The maximum Gasteiger partial charge on any atom is 0.332 e. The number of carbonyl (C=O) groups excluding carboxylic acids is 2. The predicted molar refractivity (Wildman–Crippen MR) is 131 cm³/mol. The van der Waals surface area contributed by atoms with Crippen molar-refractivity contribution >= 4 is 33.9 Å². The summed E-state index contributed by atoms with van der Waals surface area (Å²) in [4.78, 5) is 52.1. The van der Waals surface area contributed by atoms with E-state index in [1.165, 1.54) is 4.57 Å². The van der Waals surface area contributed by atoms with Gasteiger partial charge in [0.15, 0.2) is 0 Å². The number of nitrogens with zero attached hydrogens (tertiary/aromatic N) is 2. The molecule has 2 aromatic carbocycles. The van der Waals surface area contributed by atoms with Crippen LogP contribution in [0.15, 0.2) is 68.6 Å². The molecule has 1 aliphatic carbocycles. The van der Waals surface area contributed by atoms with Crippen LogP contribution in [0.2, 0.25) is 0 Å². The van der Waals surface area contributed by atoms with E-state index in [0.29, 0.717) is 17.5 Å². The summed E-state index contributed by atoms with van der Waals surface area (Å²) in [6, 6.07) is 16.4. The molecular weight excluding hydrogens is 448 g/mol. The van der Waals surface area contributed by atoms with Gasteiger partial charge >= 0.3 is 5.69 Å². The summed E-state index contributed by atoms with van der Waals surface area (Å²) >= 11 is 0. The zero-order valence-corrected chi connectivity index (χ0v) is 19.2. The van der Waals surface area contributed by atoms with Gasteiger partial charge in [0.25, 0.3) is 5.56 Å². The third-order valence-corrected chi connectivity index (χ3v) is 6.40. The highest BCUT2D eigenvalue weighted by molar-refractivity contribution is 6.02. The number of amides is 2. The van der Waals surface area contributed by atoms with Gasteiger partial charge in [-0.2, -0.15) is 0 Å². The molecule has 9 nitrogen and oxygen atoms in total. The highest BCUT2D eigenvalue weighted by Gasteiger charge is 2.23. The second-order valence-corrected chi connectivity index (χ2v) is 8.85. The van der Waals surface area contributed by atoms with Crippen LogP contribution in [-0.2, 0) is 29.2 Å². The van der Waals surface area contributed by atoms with Crippen LogP contribution in [0.5, 0.6) is 0 Å². The van der Waals surface area contributed by atoms with Crippen molar-refractivity contribution in [1.82, 2.24) is 19.8 Å². The molecule has 2 heterocycles. The Balaban J connectivity index is 1.51. The van der Waals surface area contributed by atoms with Gasteiger partial charge in [-0.05, 0) is 30.5 Å². The smallest absolute Gasteiger partial charge is 0.332 e. The van der Waals surface area contributed by atoms with Crippen molar-refractivity contribution in [3.63, 3.8) is 0 Å². The van der Waals surface area contributed by atoms with Gasteiger partial charge in [0.1, 0.15) is 24.2 Å². The van der Waals surface area contributed by atoms with Crippen LogP contribution in [0.25, 0.3) is 22.1 Å². The van der Waals surface area contributed by atoms with E-state index >= 15 is 0 Å². The van der Waals surface area contributed by atoms with Crippen molar-refractivity contribution in [1.29, 1.82) is 0 Å². The molecule has 9 heteroatoms. The molecule has 2 N–H and O–H groups in total. The summed E-state index contributed by atoms with van der Waals surface area (Å²) in [5, 5.41) is 6.26. The van der Waals surface area contributed by atoms with Gasteiger partial charge in [-0.15, -0.1) is 0 Å². The second kappa shape index (κ2) is 9.61. The van der Waals surface area contributed by atoms with E-state index in [1.807, 2.05) is 30.3 Å². The Bertz CT molecular complexity index is 1510. The lowest BCUT2D eigenvalue weighted by Crippen LogP contribution is -2.46. The highest BCUT2D eigenvalue weighted by Crippen LogP contribution is 2.25. The number of furan rings is 1. The number of hydrogen-bond donors (Lipinski definition) is 2. The Labute approximate surface area is 200 Å². The Morgan fingerprint density at radius 3 is 2.34 bits per heavy atom. The summed E-state index contributed by atoms with van der Waals surface area (Å²) in [5.41, 5.74) is 0.105. The molecule has 180 valence electrons. The molecule has 0 aliphatic heterocycles. The quantitative estimate of drug-likeness (QED) is 0.426. The van der Waals surface area contributed by atoms with E-state index in [0.717, 1.165) is 35.8 Å². The molecule has 0 atom stereocenters. The van der Waals surface area contributed by atoms with Crippen molar-refractivity contribution in [2.75, 3.05) is 0 Å². The summed E-state index contributed by atoms with van der Waals surface area (Å²) in [5.74, 6) is -0.810. The van der Waals surface area contributed by atoms with Crippen LogP contribution >= 0.6 is 0 Å². The average molecular weight is 475 g/mol. The number of benzene rings is 2. The van der Waals surface area contributed by atoms with E-state index in [2.05, 4.69) is 10.6 Å². The molecule has 1 aliphatic rings. The predicted octanol–water partition coefficient (Wildman–Crippen LogP) is 2.28. The van der Waals surface area contributed by atoms with Gasteiger partial charge < -0.3 is 15.1 Å². The van der Waals surface area contributed by atoms with Crippen LogP contribution in [0, 0.1) is 0 Å². The molecule has 0 radical (unpaired) electrons. The maximum absolute atomic E-state index is 13.5. The van der Waals surface area contributed by atoms with E-state index in [-0.39, 0.29) is 23.7 Å². The molecule has 0 bridgehead atoms. The molecule has 2 aromatic heterocycles. The SMILES string of the molecule is O=C(Cn1c(=O)n(CC(=O)NC2CCCC2)c(=O)c2oc3ccccc3c21)NCc1ccccc1. The van der Waals surface area contributed by atoms with E-state index in [9.17, 15) is 19.2 Å². The van der Waals surface area contributed by atoms with Gasteiger partial charge in [-0.3, -0.25) is 19.0 Å². The highest BCUT2D eigenvalue weighted by atomic mass is 16.3. The lowest BCUT2D eigenvalue weighted by atomic mass is 10.2. The third kappa shape index (κ3) is 4.62. The van der Waals surface area contributed by atoms with Crippen molar-refractivity contribution in [2.45, 2.75) is 51.4 Å². The first-order chi connectivity index (χ1) is 17.0. The topological polar surface area (TPSA) is 115 Å². The van der Waals surface area contributed by atoms with Crippen molar-refractivity contribution < 1.29 is 14.0 Å². The normalized spacial score (nSPS) is 13.9. The number of carbonyl (C=O) groups is 2. The van der Waals surface area contributed by atoms with Gasteiger partial charge in [0, 0.05) is 18.0 Å². The fourth-order valence-corrected chi connectivity index (χ4v) is 4.66. The lowest BCUT2D eigenvalue weighted by molar-refractivity contribution is -0.122. The number of aromatic nitrogens is 2. The minimum atomic E-state index is -0.731. The number of hydrogen-bond acceptors (Lipinski definition) is 5. The summed E-state index contributed by atoms with van der Waals surface area (Å²) < 4.78 is 7.85. The van der Waals surface area contributed by atoms with E-state index < -0.39 is 29.6 Å². The fourth-order valence-electron chi connectivity index (χ4n) is 4.66. The van der Waals surface area contributed by atoms with Gasteiger partial charge in [-0.1, -0.05) is 55.3 Å². The van der Waals surface area contributed by atoms with Crippen LogP contribution in [0.4, 0.5) is 0 Å². The summed E-state index contributed by atoms with van der Waals surface area (Å²) in [6.07, 6.45) is 3.85. The average Bonchev–Trinajstić information content (AvgIpc) is 3.52. The summed E-state index contributed by atoms with van der Waals surface area (Å²) in [6.45, 7) is -0.462. The van der Waals surface area contributed by atoms with Crippen LogP contribution < -0.4 is 21.9 Å². The first-order valence-corrected chi connectivity index (χ1v) is 11.8. The van der Waals surface area contributed by atoms with Crippen LogP contribution in [-0.4, -0.2) is 27.0 Å². The first-order valence-electron chi connectivity index (χ1n) is 11.8. The van der Waals surface area contributed by atoms with E-state index in [1.54, 1.807) is 24.3 Å². The molecule has 2 amide bonds. The Morgan fingerprint density at radius 2 is 1.57 bits per heavy atom. The Kier molecular flexibility index (Phi) is 6.22. The molecule has 35 heavy (non-hydrogen) atoms. The number of nitrogens with one attached hydrogen (secondary N) is 2. The van der Waals surface area contributed by atoms with E-state index in [4.69, 9.17) is 4.42 Å². The second-order valence-electron chi connectivity index (χ2n) is 8.85. The molecule has 0 unspecified atom stereocenters. The largest absolute Gasteiger partial charge is 0.449 e. The number of fused-ring (bicyclic) bond motifs is 3. The van der Waals surface area contributed by atoms with Crippen molar-refractivity contribution in [2.24, 2.45) is 0 Å². The number of para-hydroxylation sites is 1. The summed E-state index contributed by atoms with van der Waals surface area (Å²) in [7, 11) is 0. The van der Waals surface area contributed by atoms with Crippen LogP contribution in [0.1, 0.15) is 31.2 Å². The molecule has 0 saturated heterocycles. The van der Waals surface area contributed by atoms with Gasteiger partial charge in [0.05, 0.1) is 0 Å². The lowest BCUT2D eigenvalue weighted by Gasteiger charge is -2.14. The molecule has 1 saturated carbocycles. The number of rotatable bonds is 7. The molecular formula is C26H26N4O5. The minimum Gasteiger partial charge on any atom is -0.449 e. The standard InChI is InChI=1S/C26H26N4O5/c31-21(27-14-17-8-2-1-3-9-17)15-29-23-19-12-6-7-13-20(19)35-24(23)25(33)30(26(29)34)16-22(32)28-18-10-4-5-11-18/h1-3,6-9,12-13,18H,4-5,10-11,14-16H2,(H,27,31)(H,28,32). The zero-order valence-electron chi connectivity index (χ0n) is 19.2. The van der Waals surface area contributed by atoms with Gasteiger partial charge in [0.2, 0.25) is 17.4 Å². The third-order valence-electron chi connectivity index (χ3n) is 6.40. The van der Waals surface area contributed by atoms with Crippen molar-refractivity contribution in [3.8, 4) is 0 Å². The Hall–Kier alpha value is -4.14. The zero-order chi connectivity index (χ0) is 24.4.